The summed E-state index contributed by atoms with van der Waals surface area (Å²) in [4.78, 5) is 15.2. The predicted molar refractivity (Wildman–Crippen MR) is 149 cm³/mol. The summed E-state index contributed by atoms with van der Waals surface area (Å²) in [6.45, 7) is 10.8. The maximum Gasteiger partial charge on any atom is 0.302 e. The number of fused-ring (bicyclic) bond motifs is 1. The lowest BCUT2D eigenvalue weighted by Crippen LogP contribution is -2.25. The topological polar surface area (TPSA) is 87.0 Å². The largest absolute Gasteiger partial charge is 0.493 e. The summed E-state index contributed by atoms with van der Waals surface area (Å²) in [5.74, 6) is -0.245. The van der Waals surface area contributed by atoms with E-state index in [0.29, 0.717) is 16.7 Å². The number of aromatic hydroxyl groups is 1. The second-order valence-electron chi connectivity index (χ2n) is 9.91. The van der Waals surface area contributed by atoms with Gasteiger partial charge in [0.2, 0.25) is 5.88 Å². The molecule has 0 saturated carbocycles. The van der Waals surface area contributed by atoms with Gasteiger partial charge < -0.3 is 14.8 Å². The van der Waals surface area contributed by atoms with E-state index < -0.39 is 5.91 Å². The first-order valence-electron chi connectivity index (χ1n) is 10.4. The van der Waals surface area contributed by atoms with Crippen LogP contribution in [0, 0.1) is 5.41 Å². The zero-order valence-corrected chi connectivity index (χ0v) is 25.7. The molecule has 0 aliphatic heterocycles. The molecule has 2 aromatic carbocycles. The fraction of sp³-hybridized carbons (Fsp3) is 0.375. The first kappa shape index (κ1) is 27.4. The highest BCUT2D eigenvalue weighted by molar-refractivity contribution is 9.11. The number of aromatic nitrogens is 1. The number of hydrogen-bond donors (Lipinski definition) is 2. The smallest absolute Gasteiger partial charge is 0.302 e. The van der Waals surface area contributed by atoms with Crippen molar-refractivity contribution in [3.05, 3.63) is 47.7 Å². The molecule has 1 amide bonds. The van der Waals surface area contributed by atoms with E-state index in [1.165, 1.54) is 0 Å². The zero-order valence-electron chi connectivity index (χ0n) is 19.4. The molecular weight excluding hydrogens is 698 g/mol. The third-order valence-electron chi connectivity index (χ3n) is 5.13. The van der Waals surface area contributed by atoms with E-state index in [1.807, 2.05) is 18.2 Å². The number of benzene rings is 2. The maximum absolute atomic E-state index is 12.4. The summed E-state index contributed by atoms with van der Waals surface area (Å²) in [7, 11) is 0. The number of H-pyrrole nitrogens is 1. The normalized spacial score (nSPS) is 12.6. The van der Waals surface area contributed by atoms with Crippen molar-refractivity contribution < 1.29 is 14.6 Å². The Labute approximate surface area is 232 Å². The van der Waals surface area contributed by atoms with Gasteiger partial charge in [-0.3, -0.25) is 4.79 Å². The van der Waals surface area contributed by atoms with Crippen LogP contribution in [0.15, 0.2) is 52.4 Å². The standard InChI is InChI=1S/C24H25Br4N3O3/c1-23(2,3)11-24(4,5)12-6-16(27)21(17(28)7-12)34-10-18(32)30-31-20-14-8-13(25)9-15(26)19(14)29-22(20)33/h6-9,29,33H,10-11H2,1-5H3. The second-order valence-corrected chi connectivity index (χ2v) is 13.4. The highest BCUT2D eigenvalue weighted by atomic mass is 79.9. The van der Waals surface area contributed by atoms with Crippen molar-refractivity contribution in [1.82, 2.24) is 4.98 Å². The zero-order chi connectivity index (χ0) is 25.4. The lowest BCUT2D eigenvalue weighted by Gasteiger charge is -2.33. The summed E-state index contributed by atoms with van der Waals surface area (Å²) >= 11 is 14.0. The summed E-state index contributed by atoms with van der Waals surface area (Å²) in [6, 6.07) is 7.67. The van der Waals surface area contributed by atoms with Crippen LogP contribution in [-0.2, 0) is 10.2 Å². The number of aromatic amines is 1. The van der Waals surface area contributed by atoms with Crippen LogP contribution in [0.1, 0.15) is 46.6 Å². The van der Waals surface area contributed by atoms with Gasteiger partial charge in [-0.1, -0.05) is 50.5 Å². The Balaban J connectivity index is 1.75. The Bertz CT molecular complexity index is 1250. The fourth-order valence-corrected chi connectivity index (χ4v) is 6.82. The predicted octanol–water partition coefficient (Wildman–Crippen LogP) is 9.33. The third-order valence-corrected chi connectivity index (χ3v) is 7.39. The number of azo groups is 1. The summed E-state index contributed by atoms with van der Waals surface area (Å²) in [6.07, 6.45) is 1.01. The van der Waals surface area contributed by atoms with E-state index in [4.69, 9.17) is 4.74 Å². The van der Waals surface area contributed by atoms with E-state index in [9.17, 15) is 9.90 Å². The van der Waals surface area contributed by atoms with Crippen molar-refractivity contribution in [1.29, 1.82) is 0 Å². The van der Waals surface area contributed by atoms with Crippen LogP contribution < -0.4 is 4.74 Å². The van der Waals surface area contributed by atoms with Gasteiger partial charge in [0.25, 0.3) is 0 Å². The molecule has 1 aromatic heterocycles. The number of rotatable bonds is 6. The minimum absolute atomic E-state index is 0.0445. The number of carbonyl (C=O) groups is 1. The van der Waals surface area contributed by atoms with E-state index in [1.54, 1.807) is 6.07 Å². The van der Waals surface area contributed by atoms with Crippen LogP contribution in [0.25, 0.3) is 10.9 Å². The molecule has 0 unspecified atom stereocenters. The van der Waals surface area contributed by atoms with Gasteiger partial charge in [0.15, 0.2) is 12.3 Å². The Kier molecular flexibility index (Phi) is 8.37. The number of ether oxygens (including phenoxy) is 1. The van der Waals surface area contributed by atoms with Gasteiger partial charge in [0.1, 0.15) is 5.75 Å². The van der Waals surface area contributed by atoms with Crippen LogP contribution in [0.5, 0.6) is 11.6 Å². The lowest BCUT2D eigenvalue weighted by molar-refractivity contribution is -0.120. The minimum atomic E-state index is -0.584. The van der Waals surface area contributed by atoms with Crippen LogP contribution >= 0.6 is 63.7 Å². The average molecular weight is 723 g/mol. The van der Waals surface area contributed by atoms with Gasteiger partial charge >= 0.3 is 5.91 Å². The van der Waals surface area contributed by atoms with Gasteiger partial charge in [0.05, 0.1) is 14.5 Å². The van der Waals surface area contributed by atoms with Crippen LogP contribution in [0.3, 0.4) is 0 Å². The molecule has 34 heavy (non-hydrogen) atoms. The quantitative estimate of drug-likeness (QED) is 0.249. The molecule has 10 heteroatoms. The fourth-order valence-electron chi connectivity index (χ4n) is 4.08. The molecule has 182 valence electrons. The third kappa shape index (κ3) is 6.50. The highest BCUT2D eigenvalue weighted by Crippen LogP contribution is 2.43. The van der Waals surface area contributed by atoms with Crippen molar-refractivity contribution in [2.45, 2.75) is 46.5 Å². The van der Waals surface area contributed by atoms with E-state index in [0.717, 1.165) is 29.9 Å². The van der Waals surface area contributed by atoms with E-state index >= 15 is 0 Å². The molecule has 0 aliphatic rings. The minimum Gasteiger partial charge on any atom is -0.493 e. The molecular formula is C24H25Br4N3O3. The van der Waals surface area contributed by atoms with Crippen molar-refractivity contribution in [2.75, 3.05) is 6.61 Å². The number of amides is 1. The molecule has 0 aliphatic carbocycles. The number of carbonyl (C=O) groups excluding carboxylic acids is 1. The van der Waals surface area contributed by atoms with E-state index in [-0.39, 0.29) is 29.0 Å². The van der Waals surface area contributed by atoms with Gasteiger partial charge in [-0.15, -0.1) is 10.2 Å². The van der Waals surface area contributed by atoms with Gasteiger partial charge in [-0.05, 0) is 94.9 Å². The summed E-state index contributed by atoms with van der Waals surface area (Å²) < 4.78 is 8.76. The van der Waals surface area contributed by atoms with Crippen LogP contribution in [0.2, 0.25) is 0 Å². The molecule has 3 aromatic rings. The Morgan fingerprint density at radius 3 is 2.21 bits per heavy atom. The number of nitrogens with zero attached hydrogens (tertiary/aromatic N) is 2. The lowest BCUT2D eigenvalue weighted by atomic mass is 9.72. The molecule has 0 radical (unpaired) electrons. The van der Waals surface area contributed by atoms with Gasteiger partial charge in [-0.2, -0.15) is 0 Å². The maximum atomic E-state index is 12.4. The molecule has 2 N–H and O–H groups in total. The molecule has 0 saturated heterocycles. The first-order valence-corrected chi connectivity index (χ1v) is 13.6. The molecule has 0 bridgehead atoms. The average Bonchev–Trinajstić information content (AvgIpc) is 2.99. The monoisotopic (exact) mass is 719 g/mol. The molecule has 0 spiro atoms. The van der Waals surface area contributed by atoms with Crippen molar-refractivity contribution >= 4 is 86.2 Å². The van der Waals surface area contributed by atoms with Crippen molar-refractivity contribution in [3.63, 3.8) is 0 Å². The SMILES string of the molecule is CC(C)(C)CC(C)(C)c1cc(Br)c(OCC(=O)N=Nc2c(O)[nH]c3c(Br)cc(Br)cc23)c(Br)c1. The molecule has 3 rings (SSSR count). The summed E-state index contributed by atoms with van der Waals surface area (Å²) in [5, 5.41) is 18.5. The molecule has 0 atom stereocenters. The Morgan fingerprint density at radius 2 is 1.62 bits per heavy atom. The van der Waals surface area contributed by atoms with E-state index in [2.05, 4.69) is 114 Å². The number of hydrogen-bond acceptors (Lipinski definition) is 4. The van der Waals surface area contributed by atoms with Gasteiger partial charge in [-0.25, -0.2) is 0 Å². The first-order chi connectivity index (χ1) is 15.7. The number of halogens is 4. The molecule has 6 nitrogen and oxygen atoms in total. The molecule has 1 heterocycles. The van der Waals surface area contributed by atoms with Gasteiger partial charge in [0, 0.05) is 14.3 Å². The molecule has 0 fully saturated rings. The van der Waals surface area contributed by atoms with Crippen molar-refractivity contribution in [2.24, 2.45) is 15.6 Å². The van der Waals surface area contributed by atoms with Crippen LogP contribution in [0.4, 0.5) is 5.69 Å². The summed E-state index contributed by atoms with van der Waals surface area (Å²) in [5.41, 5.74) is 2.13. The van der Waals surface area contributed by atoms with Crippen molar-refractivity contribution in [3.8, 4) is 11.6 Å². The number of nitrogens with one attached hydrogen (secondary N) is 1. The highest BCUT2D eigenvalue weighted by Gasteiger charge is 2.28. The Morgan fingerprint density at radius 1 is 1.00 bits per heavy atom. The second kappa shape index (κ2) is 10.4. The van der Waals surface area contributed by atoms with Crippen LogP contribution in [-0.4, -0.2) is 22.6 Å². The Hall–Kier alpha value is -1.23.